The molecule has 1 saturated heterocycles. The van der Waals surface area contributed by atoms with Crippen molar-refractivity contribution >= 4 is 17.4 Å². The number of ketones is 1. The molecule has 6 heteroatoms. The van der Waals surface area contributed by atoms with Crippen LogP contribution >= 0.6 is 0 Å². The van der Waals surface area contributed by atoms with E-state index in [1.54, 1.807) is 42.5 Å². The van der Waals surface area contributed by atoms with E-state index in [9.17, 15) is 19.1 Å². The molecule has 1 amide bonds. The van der Waals surface area contributed by atoms with Gasteiger partial charge in [-0.25, -0.2) is 4.39 Å². The van der Waals surface area contributed by atoms with E-state index < -0.39 is 23.5 Å². The Kier molecular flexibility index (Phi) is 7.10. The van der Waals surface area contributed by atoms with Crippen molar-refractivity contribution in [2.45, 2.75) is 39.7 Å². The lowest BCUT2D eigenvalue weighted by Gasteiger charge is -2.25. The van der Waals surface area contributed by atoms with Gasteiger partial charge in [0.25, 0.3) is 11.7 Å². The molecule has 164 valence electrons. The van der Waals surface area contributed by atoms with Crippen molar-refractivity contribution in [3.8, 4) is 5.75 Å². The Morgan fingerprint density at radius 3 is 2.42 bits per heavy atom. The third-order valence-corrected chi connectivity index (χ3v) is 5.20. The molecule has 0 spiro atoms. The Morgan fingerprint density at radius 2 is 1.81 bits per heavy atom. The number of rotatable bonds is 8. The second-order valence-electron chi connectivity index (χ2n) is 8.10. The van der Waals surface area contributed by atoms with Crippen molar-refractivity contribution in [1.29, 1.82) is 0 Å². The van der Waals surface area contributed by atoms with E-state index in [-0.39, 0.29) is 16.9 Å². The summed E-state index contributed by atoms with van der Waals surface area (Å²) in [6.45, 7) is 6.92. The molecule has 1 aliphatic rings. The number of halogens is 1. The Morgan fingerprint density at radius 1 is 1.13 bits per heavy atom. The highest BCUT2D eigenvalue weighted by Crippen LogP contribution is 2.40. The molecule has 1 heterocycles. The van der Waals surface area contributed by atoms with Gasteiger partial charge in [0.15, 0.2) is 0 Å². The number of ether oxygens (including phenoxy) is 1. The minimum atomic E-state index is -0.968. The molecular formula is C25H28FNO4. The largest absolute Gasteiger partial charge is 0.507 e. The maximum atomic E-state index is 14.7. The zero-order valence-electron chi connectivity index (χ0n) is 18.1. The minimum absolute atomic E-state index is 0.0953. The van der Waals surface area contributed by atoms with Gasteiger partial charge >= 0.3 is 0 Å². The van der Waals surface area contributed by atoms with E-state index in [4.69, 9.17) is 4.74 Å². The molecule has 0 bridgehead atoms. The first-order chi connectivity index (χ1) is 14.8. The Labute approximate surface area is 182 Å². The van der Waals surface area contributed by atoms with Crippen LogP contribution in [0.5, 0.6) is 5.75 Å². The molecule has 3 rings (SSSR count). The predicted molar refractivity (Wildman–Crippen MR) is 117 cm³/mol. The third-order valence-electron chi connectivity index (χ3n) is 5.20. The monoisotopic (exact) mass is 425 g/mol. The van der Waals surface area contributed by atoms with E-state index in [0.29, 0.717) is 36.8 Å². The van der Waals surface area contributed by atoms with E-state index in [1.807, 2.05) is 20.8 Å². The zero-order chi connectivity index (χ0) is 22.5. The Balaban J connectivity index is 2.04. The molecular weight excluding hydrogens is 397 g/mol. The van der Waals surface area contributed by atoms with E-state index in [0.717, 1.165) is 6.42 Å². The molecule has 1 atom stereocenters. The Hall–Kier alpha value is -3.15. The SMILES string of the molecule is CCCCN1C(=O)C(=O)C(=C(O)c2ccc(OCC(C)C)cc2)[C@H]1c1ccccc1F. The fourth-order valence-electron chi connectivity index (χ4n) is 3.59. The highest BCUT2D eigenvalue weighted by atomic mass is 19.1. The van der Waals surface area contributed by atoms with Gasteiger partial charge in [-0.05, 0) is 42.7 Å². The van der Waals surface area contributed by atoms with Crippen molar-refractivity contribution < 1.29 is 23.8 Å². The Bertz CT molecular complexity index is 981. The van der Waals surface area contributed by atoms with Crippen LogP contribution in [0.15, 0.2) is 54.1 Å². The summed E-state index contributed by atoms with van der Waals surface area (Å²) < 4.78 is 20.3. The van der Waals surface area contributed by atoms with Crippen molar-refractivity contribution in [2.24, 2.45) is 5.92 Å². The second-order valence-corrected chi connectivity index (χ2v) is 8.10. The minimum Gasteiger partial charge on any atom is -0.507 e. The lowest BCUT2D eigenvalue weighted by Crippen LogP contribution is -2.31. The van der Waals surface area contributed by atoms with Crippen LogP contribution in [-0.2, 0) is 9.59 Å². The van der Waals surface area contributed by atoms with Gasteiger partial charge in [-0.1, -0.05) is 45.4 Å². The van der Waals surface area contributed by atoms with Gasteiger partial charge in [-0.3, -0.25) is 9.59 Å². The van der Waals surface area contributed by atoms with Gasteiger partial charge in [0.1, 0.15) is 17.3 Å². The number of carbonyl (C=O) groups is 2. The number of aliphatic hydroxyl groups is 1. The normalized spacial score (nSPS) is 18.1. The van der Waals surface area contributed by atoms with Crippen molar-refractivity contribution in [3.63, 3.8) is 0 Å². The molecule has 31 heavy (non-hydrogen) atoms. The highest BCUT2D eigenvalue weighted by Gasteiger charge is 2.46. The van der Waals surface area contributed by atoms with Crippen LogP contribution in [0.2, 0.25) is 0 Å². The molecule has 0 radical (unpaired) electrons. The number of carbonyl (C=O) groups excluding carboxylic acids is 2. The second kappa shape index (κ2) is 9.77. The number of likely N-dealkylation sites (tertiary alicyclic amines) is 1. The number of Topliss-reactive ketones (excluding diaryl/α,β-unsaturated/α-hetero) is 1. The summed E-state index contributed by atoms with van der Waals surface area (Å²) >= 11 is 0. The fraction of sp³-hybridized carbons (Fsp3) is 0.360. The van der Waals surface area contributed by atoms with Gasteiger partial charge < -0.3 is 14.7 Å². The van der Waals surface area contributed by atoms with Crippen LogP contribution in [-0.4, -0.2) is 34.8 Å². The van der Waals surface area contributed by atoms with E-state index in [1.165, 1.54) is 11.0 Å². The van der Waals surface area contributed by atoms with Gasteiger partial charge in [-0.15, -0.1) is 0 Å². The number of aliphatic hydroxyl groups excluding tert-OH is 1. The quantitative estimate of drug-likeness (QED) is 0.364. The standard InChI is InChI=1S/C25H28FNO4/c1-4-5-14-27-22(19-8-6-7-9-20(19)26)21(24(29)25(27)30)23(28)17-10-12-18(13-11-17)31-15-16(2)3/h6-13,16,22,28H,4-5,14-15H2,1-3H3/t22-/m1/s1. The lowest BCUT2D eigenvalue weighted by molar-refractivity contribution is -0.139. The molecule has 5 nitrogen and oxygen atoms in total. The number of hydrogen-bond acceptors (Lipinski definition) is 4. The number of amides is 1. The average molecular weight is 426 g/mol. The van der Waals surface area contributed by atoms with Gasteiger partial charge in [0.05, 0.1) is 18.2 Å². The fourth-order valence-corrected chi connectivity index (χ4v) is 3.59. The van der Waals surface area contributed by atoms with Gasteiger partial charge in [0.2, 0.25) is 0 Å². The topological polar surface area (TPSA) is 66.8 Å². The summed E-state index contributed by atoms with van der Waals surface area (Å²) in [6.07, 6.45) is 1.48. The predicted octanol–water partition coefficient (Wildman–Crippen LogP) is 5.08. The smallest absolute Gasteiger partial charge is 0.295 e. The number of unbranched alkanes of at least 4 members (excludes halogenated alkanes) is 1. The van der Waals surface area contributed by atoms with E-state index in [2.05, 4.69) is 0 Å². The van der Waals surface area contributed by atoms with Crippen molar-refractivity contribution in [3.05, 3.63) is 71.0 Å². The van der Waals surface area contributed by atoms with Crippen LogP contribution in [0.25, 0.3) is 5.76 Å². The number of benzene rings is 2. The molecule has 0 unspecified atom stereocenters. The van der Waals surface area contributed by atoms with Crippen LogP contribution in [0.1, 0.15) is 50.8 Å². The third kappa shape index (κ3) is 4.79. The van der Waals surface area contributed by atoms with Crippen molar-refractivity contribution in [2.75, 3.05) is 13.2 Å². The molecule has 1 aliphatic heterocycles. The van der Waals surface area contributed by atoms with Crippen molar-refractivity contribution in [1.82, 2.24) is 4.90 Å². The molecule has 2 aromatic rings. The molecule has 0 aliphatic carbocycles. The molecule has 1 N–H and O–H groups in total. The zero-order valence-corrected chi connectivity index (χ0v) is 18.1. The number of hydrogen-bond donors (Lipinski definition) is 1. The molecule has 1 fully saturated rings. The molecule has 2 aromatic carbocycles. The first kappa shape index (κ1) is 22.5. The summed E-state index contributed by atoms with van der Waals surface area (Å²) in [5.41, 5.74) is 0.463. The van der Waals surface area contributed by atoms with Crippen LogP contribution in [0.3, 0.4) is 0 Å². The van der Waals surface area contributed by atoms with Crippen LogP contribution in [0.4, 0.5) is 4.39 Å². The maximum absolute atomic E-state index is 14.7. The van der Waals surface area contributed by atoms with Gasteiger partial charge in [0, 0.05) is 17.7 Å². The summed E-state index contributed by atoms with van der Waals surface area (Å²) in [5.74, 6) is -1.37. The molecule has 0 aromatic heterocycles. The summed E-state index contributed by atoms with van der Waals surface area (Å²) in [4.78, 5) is 27.0. The first-order valence-electron chi connectivity index (χ1n) is 10.6. The first-order valence-corrected chi connectivity index (χ1v) is 10.6. The van der Waals surface area contributed by atoms with Crippen LogP contribution in [0, 0.1) is 11.7 Å². The average Bonchev–Trinajstić information content (AvgIpc) is 3.01. The summed E-state index contributed by atoms with van der Waals surface area (Å²) in [7, 11) is 0. The maximum Gasteiger partial charge on any atom is 0.295 e. The molecule has 0 saturated carbocycles. The number of nitrogens with zero attached hydrogens (tertiary/aromatic N) is 1. The van der Waals surface area contributed by atoms with E-state index >= 15 is 0 Å². The van der Waals surface area contributed by atoms with Crippen LogP contribution < -0.4 is 4.74 Å². The summed E-state index contributed by atoms with van der Waals surface area (Å²) in [6, 6.07) is 11.7. The van der Waals surface area contributed by atoms with Gasteiger partial charge in [-0.2, -0.15) is 0 Å². The lowest BCUT2D eigenvalue weighted by atomic mass is 9.95. The highest BCUT2D eigenvalue weighted by molar-refractivity contribution is 6.46. The summed E-state index contributed by atoms with van der Waals surface area (Å²) in [5, 5.41) is 11.0.